The van der Waals surface area contributed by atoms with Crippen molar-refractivity contribution in [3.8, 4) is 33.9 Å². The zero-order valence-electron chi connectivity index (χ0n) is 37.0. The number of aryl methyl sites for hydroxylation is 1. The number of benzene rings is 3. The van der Waals surface area contributed by atoms with Gasteiger partial charge in [0.1, 0.15) is 35.8 Å². The van der Waals surface area contributed by atoms with E-state index in [-0.39, 0.29) is 24.9 Å². The summed E-state index contributed by atoms with van der Waals surface area (Å²) < 4.78 is 26.2. The number of nitrogens with zero attached hydrogens (tertiary/aromatic N) is 3. The lowest BCUT2D eigenvalue weighted by atomic mass is 9.84. The predicted octanol–water partition coefficient (Wildman–Crippen LogP) is 8.44. The second-order valence-electron chi connectivity index (χ2n) is 18.1. The second kappa shape index (κ2) is 18.2. The number of aromatic hydroxyl groups is 1. The summed E-state index contributed by atoms with van der Waals surface area (Å²) in [6.45, 7) is 14.9. The largest absolute Gasteiger partial charge is 0.508 e. The number of phenolic OH excluding ortho intramolecular Hbond substituents is 1. The Balaban J connectivity index is 1.40. The number of ether oxygens (including phenoxy) is 4. The molecular weight excluding hydrogens is 787 g/mol. The van der Waals surface area contributed by atoms with E-state index in [1.165, 1.54) is 5.01 Å². The van der Waals surface area contributed by atoms with Crippen molar-refractivity contribution >= 4 is 28.9 Å². The Kier molecular flexibility index (Phi) is 13.0. The summed E-state index contributed by atoms with van der Waals surface area (Å²) in [5.74, 6) is -0.276. The van der Waals surface area contributed by atoms with Crippen molar-refractivity contribution in [2.45, 2.75) is 111 Å². The van der Waals surface area contributed by atoms with Gasteiger partial charge in [-0.3, -0.25) is 19.6 Å². The van der Waals surface area contributed by atoms with Crippen LogP contribution in [0.25, 0.3) is 33.3 Å². The molecule has 5 aromatic rings. The normalized spacial score (nSPS) is 18.7. The average Bonchev–Trinajstić information content (AvgIpc) is 3.54. The van der Waals surface area contributed by atoms with Crippen molar-refractivity contribution < 1.29 is 38.4 Å². The molecule has 0 spiro atoms. The lowest BCUT2D eigenvalue weighted by Gasteiger charge is -2.35. The highest BCUT2D eigenvalue weighted by Gasteiger charge is 2.36. The molecule has 62 heavy (non-hydrogen) atoms. The monoisotopic (exact) mass is 845 g/mol. The van der Waals surface area contributed by atoms with E-state index in [1.54, 1.807) is 46.2 Å². The first-order valence-electron chi connectivity index (χ1n) is 21.4. The van der Waals surface area contributed by atoms with Crippen LogP contribution in [0.2, 0.25) is 0 Å². The lowest BCUT2D eigenvalue weighted by molar-refractivity contribution is -0.155. The van der Waals surface area contributed by atoms with Gasteiger partial charge in [0, 0.05) is 48.5 Å². The molecule has 328 valence electrons. The number of amides is 2. The van der Waals surface area contributed by atoms with E-state index in [0.29, 0.717) is 50.3 Å². The first kappa shape index (κ1) is 44.1. The summed E-state index contributed by atoms with van der Waals surface area (Å²) in [7, 11) is 1.67. The number of nitrogens with one attached hydrogen (secondary N) is 2. The Bertz CT molecular complexity index is 2440. The van der Waals surface area contributed by atoms with Crippen LogP contribution in [0, 0.1) is 5.41 Å². The fourth-order valence-corrected chi connectivity index (χ4v) is 8.36. The fraction of sp³-hybridized carbons (Fsp3) is 0.429. The van der Waals surface area contributed by atoms with Crippen LogP contribution in [0.5, 0.6) is 11.5 Å². The molecule has 2 amide bonds. The van der Waals surface area contributed by atoms with Gasteiger partial charge in [0.05, 0.1) is 30.3 Å². The first-order valence-corrected chi connectivity index (χ1v) is 21.4. The summed E-state index contributed by atoms with van der Waals surface area (Å²) in [6.07, 6.45) is 2.22. The van der Waals surface area contributed by atoms with Crippen molar-refractivity contribution in [2.75, 3.05) is 20.3 Å². The number of rotatable bonds is 8. The number of carbonyl (C=O) groups is 3. The third-order valence-corrected chi connectivity index (χ3v) is 11.4. The van der Waals surface area contributed by atoms with Gasteiger partial charge < -0.3 is 33.9 Å². The minimum absolute atomic E-state index is 0.0131. The third kappa shape index (κ3) is 10.1. The maximum Gasteiger partial charge on any atom is 0.408 e. The van der Waals surface area contributed by atoms with Crippen LogP contribution in [-0.2, 0) is 49.8 Å². The van der Waals surface area contributed by atoms with E-state index in [2.05, 4.69) is 48.2 Å². The SMILES string of the molecule is CCn1c(-c2cc(OCc3ccccc3)cnc2[C@H](C)OC)c2c3cc(ccc31)-c1cc(O)cc(c1)C[C@H](NC(=O)OC(C)(C)C)C(=O)N1CCC[C@H](N1)C(=O)OCC(C)(C)C2. The number of methoxy groups -OCH3 is 1. The van der Waals surface area contributed by atoms with E-state index in [9.17, 15) is 19.5 Å². The number of hydrazine groups is 1. The number of aromatic nitrogens is 2. The third-order valence-electron chi connectivity index (χ3n) is 11.4. The molecule has 3 N–H and O–H groups in total. The summed E-state index contributed by atoms with van der Waals surface area (Å²) in [4.78, 5) is 46.2. The number of alkyl carbamates (subject to hydrolysis) is 1. The smallest absolute Gasteiger partial charge is 0.408 e. The molecule has 2 aromatic heterocycles. The van der Waals surface area contributed by atoms with Crippen LogP contribution in [0.4, 0.5) is 4.79 Å². The average molecular weight is 846 g/mol. The standard InChI is InChI=1S/C49H59N5O8/c1-9-53-42-18-17-33-24-37(42)39(44(53)38-25-36(27-50-43(38)30(2)59-8)60-28-31-14-11-10-12-15-31)26-49(6,7)29-61-46(57)40-16-13-19-54(52-40)45(56)41(51-47(58)62-48(3,4)5)22-32-20-34(33)23-35(55)21-32/h10-12,14-15,17-18,20-21,23-25,27,30,40-41,52,55H,9,13,16,19,22,26,28-29H2,1-8H3,(H,51,58)/t30-,40-,41-/m0/s1. The number of pyridine rings is 1. The van der Waals surface area contributed by atoms with Gasteiger partial charge in [-0.25, -0.2) is 10.2 Å². The fourth-order valence-electron chi connectivity index (χ4n) is 8.36. The zero-order chi connectivity index (χ0) is 44.3. The van der Waals surface area contributed by atoms with Crippen LogP contribution >= 0.6 is 0 Å². The number of cyclic esters (lactones) is 1. The van der Waals surface area contributed by atoms with Gasteiger partial charge in [0.15, 0.2) is 0 Å². The summed E-state index contributed by atoms with van der Waals surface area (Å²) in [5.41, 5.74) is 9.57. The zero-order valence-corrected chi connectivity index (χ0v) is 37.0. The van der Waals surface area contributed by atoms with E-state index >= 15 is 0 Å². The van der Waals surface area contributed by atoms with Crippen LogP contribution in [-0.4, -0.2) is 75.6 Å². The number of carbonyl (C=O) groups excluding carboxylic acids is 3. The van der Waals surface area contributed by atoms with E-state index < -0.39 is 41.1 Å². The van der Waals surface area contributed by atoms with Crippen LogP contribution < -0.4 is 15.5 Å². The molecule has 0 radical (unpaired) electrons. The number of phenols is 1. The Hall–Kier alpha value is -5.92. The van der Waals surface area contributed by atoms with Gasteiger partial charge >= 0.3 is 12.1 Å². The molecule has 1 fully saturated rings. The summed E-state index contributed by atoms with van der Waals surface area (Å²) >= 11 is 0. The van der Waals surface area contributed by atoms with Gasteiger partial charge in [0.25, 0.3) is 5.91 Å². The van der Waals surface area contributed by atoms with Crippen LogP contribution in [0.1, 0.15) is 89.8 Å². The lowest BCUT2D eigenvalue weighted by Crippen LogP contribution is -2.60. The highest BCUT2D eigenvalue weighted by atomic mass is 16.6. The highest BCUT2D eigenvalue weighted by Crippen LogP contribution is 2.43. The van der Waals surface area contributed by atoms with E-state index in [0.717, 1.165) is 50.1 Å². The van der Waals surface area contributed by atoms with Crippen molar-refractivity contribution in [1.82, 2.24) is 25.3 Å². The van der Waals surface area contributed by atoms with Crippen molar-refractivity contribution in [3.05, 3.63) is 101 Å². The Morgan fingerprint density at radius 1 is 1.06 bits per heavy atom. The van der Waals surface area contributed by atoms with Gasteiger partial charge in [-0.05, 0) is 112 Å². The van der Waals surface area contributed by atoms with Gasteiger partial charge in [-0.2, -0.15) is 0 Å². The predicted molar refractivity (Wildman–Crippen MR) is 237 cm³/mol. The molecule has 0 unspecified atom stereocenters. The Labute approximate surface area is 363 Å². The number of esters is 1. The second-order valence-corrected chi connectivity index (χ2v) is 18.1. The molecule has 0 saturated carbocycles. The number of hydrogen-bond acceptors (Lipinski definition) is 10. The Morgan fingerprint density at radius 2 is 1.84 bits per heavy atom. The van der Waals surface area contributed by atoms with Crippen LogP contribution in [0.3, 0.4) is 0 Å². The molecule has 7 rings (SSSR count). The van der Waals surface area contributed by atoms with Gasteiger partial charge in [-0.1, -0.05) is 56.3 Å². The minimum Gasteiger partial charge on any atom is -0.508 e. The molecular formula is C49H59N5O8. The highest BCUT2D eigenvalue weighted by molar-refractivity contribution is 5.95. The summed E-state index contributed by atoms with van der Waals surface area (Å²) in [6, 6.07) is 21.7. The van der Waals surface area contributed by atoms with Gasteiger partial charge in [0.2, 0.25) is 0 Å². The minimum atomic E-state index is -1.08. The molecule has 2 aliphatic rings. The Morgan fingerprint density at radius 3 is 2.56 bits per heavy atom. The molecule has 3 atom stereocenters. The molecule has 13 nitrogen and oxygen atoms in total. The van der Waals surface area contributed by atoms with Crippen molar-refractivity contribution in [3.63, 3.8) is 0 Å². The topological polar surface area (TPSA) is 153 Å². The molecule has 0 aliphatic carbocycles. The maximum absolute atomic E-state index is 14.2. The number of fused-ring (bicyclic) bond motifs is 6. The molecule has 1 saturated heterocycles. The number of hydrogen-bond donors (Lipinski definition) is 3. The first-order chi connectivity index (χ1) is 29.5. The van der Waals surface area contributed by atoms with Crippen LogP contribution in [0.15, 0.2) is 79.0 Å². The van der Waals surface area contributed by atoms with E-state index in [4.69, 9.17) is 23.9 Å². The van der Waals surface area contributed by atoms with E-state index in [1.807, 2.05) is 55.5 Å². The molecule has 6 bridgehead atoms. The summed E-state index contributed by atoms with van der Waals surface area (Å²) in [5, 5.41) is 16.3. The molecule has 4 heterocycles. The molecule has 3 aromatic carbocycles. The van der Waals surface area contributed by atoms with Crippen molar-refractivity contribution in [2.24, 2.45) is 5.41 Å². The maximum atomic E-state index is 14.2. The van der Waals surface area contributed by atoms with Gasteiger partial charge in [-0.15, -0.1) is 0 Å². The molecule has 2 aliphatic heterocycles. The van der Waals surface area contributed by atoms with Crippen molar-refractivity contribution in [1.29, 1.82) is 0 Å². The quantitative estimate of drug-likeness (QED) is 0.130. The molecule has 13 heteroatoms.